The predicted molar refractivity (Wildman–Crippen MR) is 120 cm³/mol. The van der Waals surface area contributed by atoms with Crippen LogP contribution in [0.3, 0.4) is 0 Å². The number of nitrogens with one attached hydrogen (secondary N) is 1. The summed E-state index contributed by atoms with van der Waals surface area (Å²) in [6, 6.07) is 15.1. The van der Waals surface area contributed by atoms with Crippen LogP contribution in [0.25, 0.3) is 0 Å². The molecule has 3 aliphatic rings. The van der Waals surface area contributed by atoms with Gasteiger partial charge in [0.2, 0.25) is 5.91 Å². The van der Waals surface area contributed by atoms with Gasteiger partial charge in [-0.3, -0.25) is 14.5 Å². The minimum atomic E-state index is -1.05. The van der Waals surface area contributed by atoms with Crippen LogP contribution in [0.1, 0.15) is 37.3 Å². The van der Waals surface area contributed by atoms with E-state index in [1.54, 1.807) is 16.7 Å². The average molecular weight is 436 g/mol. The highest BCUT2D eigenvalue weighted by Gasteiger charge is 2.54. The highest BCUT2D eigenvalue weighted by molar-refractivity contribution is 8.00. The largest absolute Gasteiger partial charge is 0.325 e. The number of aryl methyl sites for hydroxylation is 1. The van der Waals surface area contributed by atoms with Crippen LogP contribution in [0.5, 0.6) is 0 Å². The number of amides is 4. The number of imide groups is 1. The lowest BCUT2D eigenvalue weighted by molar-refractivity contribution is -0.135. The van der Waals surface area contributed by atoms with Crippen LogP contribution in [-0.4, -0.2) is 41.1 Å². The molecule has 0 unspecified atom stereocenters. The summed E-state index contributed by atoms with van der Waals surface area (Å²) in [5, 5.41) is 3.32. The summed E-state index contributed by atoms with van der Waals surface area (Å²) in [4.78, 5) is 43.6. The van der Waals surface area contributed by atoms with Gasteiger partial charge in [0.1, 0.15) is 12.1 Å². The smallest absolute Gasteiger partial charge is 0.319 e. The molecule has 1 fully saturated rings. The Morgan fingerprint density at radius 2 is 1.94 bits per heavy atom. The van der Waals surface area contributed by atoms with E-state index in [2.05, 4.69) is 12.2 Å². The second kappa shape index (κ2) is 7.71. The van der Waals surface area contributed by atoms with Crippen LogP contribution < -0.4 is 10.2 Å². The number of fused-ring (bicyclic) bond motifs is 3. The van der Waals surface area contributed by atoms with Gasteiger partial charge >= 0.3 is 6.03 Å². The molecule has 6 nitrogen and oxygen atoms in total. The van der Waals surface area contributed by atoms with Gasteiger partial charge < -0.3 is 10.2 Å². The van der Waals surface area contributed by atoms with E-state index in [0.717, 1.165) is 45.9 Å². The Hall–Kier alpha value is -2.80. The Morgan fingerprint density at radius 3 is 2.81 bits per heavy atom. The average Bonchev–Trinajstić information content (AvgIpc) is 2.90. The van der Waals surface area contributed by atoms with Crippen LogP contribution in [-0.2, 0) is 21.5 Å². The first kappa shape index (κ1) is 20.1. The van der Waals surface area contributed by atoms with E-state index in [1.807, 2.05) is 48.5 Å². The van der Waals surface area contributed by atoms with Gasteiger partial charge in [0.15, 0.2) is 0 Å². The monoisotopic (exact) mass is 435 g/mol. The number of carbonyl (C=O) groups is 3. The van der Waals surface area contributed by atoms with Crippen molar-refractivity contribution in [3.63, 3.8) is 0 Å². The summed E-state index contributed by atoms with van der Waals surface area (Å²) in [6.07, 6.45) is 3.11. The zero-order valence-electron chi connectivity index (χ0n) is 17.5. The van der Waals surface area contributed by atoms with Crippen molar-refractivity contribution < 1.29 is 14.4 Å². The Kier molecular flexibility index (Phi) is 5.01. The molecule has 1 saturated heterocycles. The Balaban J connectivity index is 1.42. The molecule has 0 bridgehead atoms. The van der Waals surface area contributed by atoms with E-state index >= 15 is 0 Å². The summed E-state index contributed by atoms with van der Waals surface area (Å²) < 4.78 is 0. The molecule has 1 N–H and O–H groups in total. The van der Waals surface area contributed by atoms with Crippen molar-refractivity contribution in [3.8, 4) is 0 Å². The number of nitrogens with zero attached hydrogens (tertiary/aromatic N) is 2. The maximum Gasteiger partial charge on any atom is 0.325 e. The van der Waals surface area contributed by atoms with Crippen molar-refractivity contribution in [2.45, 2.75) is 48.3 Å². The lowest BCUT2D eigenvalue weighted by Crippen LogP contribution is -2.47. The Labute approximate surface area is 186 Å². The number of urea groups is 1. The van der Waals surface area contributed by atoms with Crippen LogP contribution in [0, 0.1) is 0 Å². The molecule has 2 aromatic rings. The van der Waals surface area contributed by atoms with Crippen LogP contribution in [0.15, 0.2) is 53.4 Å². The molecule has 2 aliphatic heterocycles. The van der Waals surface area contributed by atoms with E-state index in [-0.39, 0.29) is 18.4 Å². The number of carbonyl (C=O) groups excluding carboxylic acids is 3. The SMILES string of the molecule is C[C@H]1CCN(C(=O)CN2C(=O)N[C@@]3(CCCc4ccccc43)C2=O)c2ccccc2S1. The number of para-hydroxylation sites is 1. The van der Waals surface area contributed by atoms with E-state index < -0.39 is 11.6 Å². The van der Waals surface area contributed by atoms with E-state index in [1.165, 1.54) is 0 Å². The van der Waals surface area contributed by atoms with Gasteiger partial charge in [0, 0.05) is 16.7 Å². The van der Waals surface area contributed by atoms with Crippen molar-refractivity contribution in [1.29, 1.82) is 0 Å². The lowest BCUT2D eigenvalue weighted by Gasteiger charge is -2.33. The van der Waals surface area contributed by atoms with Crippen molar-refractivity contribution in [3.05, 3.63) is 59.7 Å². The molecule has 7 heteroatoms. The van der Waals surface area contributed by atoms with Crippen molar-refractivity contribution >= 4 is 35.3 Å². The fourth-order valence-corrected chi connectivity index (χ4v) is 6.03. The second-order valence-electron chi connectivity index (χ2n) is 8.47. The van der Waals surface area contributed by atoms with Gasteiger partial charge in [-0.25, -0.2) is 4.79 Å². The third-order valence-electron chi connectivity index (χ3n) is 6.49. The number of thioether (sulfide) groups is 1. The summed E-state index contributed by atoms with van der Waals surface area (Å²) in [5.74, 6) is -0.546. The molecule has 0 saturated carbocycles. The number of anilines is 1. The molecule has 4 amide bonds. The summed E-state index contributed by atoms with van der Waals surface area (Å²) in [5.41, 5.74) is 1.75. The van der Waals surface area contributed by atoms with E-state index in [0.29, 0.717) is 18.2 Å². The zero-order chi connectivity index (χ0) is 21.6. The molecule has 1 aliphatic carbocycles. The molecule has 0 aromatic heterocycles. The molecule has 5 rings (SSSR count). The van der Waals surface area contributed by atoms with Crippen LogP contribution in [0.2, 0.25) is 0 Å². The van der Waals surface area contributed by atoms with E-state index in [9.17, 15) is 14.4 Å². The lowest BCUT2D eigenvalue weighted by atomic mass is 9.76. The molecule has 160 valence electrons. The van der Waals surface area contributed by atoms with Gasteiger partial charge in [0.05, 0.1) is 5.69 Å². The number of hydrogen-bond donors (Lipinski definition) is 1. The third-order valence-corrected chi connectivity index (χ3v) is 7.73. The highest BCUT2D eigenvalue weighted by Crippen LogP contribution is 2.40. The molecule has 2 aromatic carbocycles. The van der Waals surface area contributed by atoms with Crippen molar-refractivity contribution in [2.75, 3.05) is 18.0 Å². The number of hydrogen-bond acceptors (Lipinski definition) is 4. The highest BCUT2D eigenvalue weighted by atomic mass is 32.2. The maximum absolute atomic E-state index is 13.5. The number of benzene rings is 2. The van der Waals surface area contributed by atoms with Gasteiger partial charge in [-0.05, 0) is 48.9 Å². The minimum Gasteiger partial charge on any atom is -0.319 e. The fraction of sp³-hybridized carbons (Fsp3) is 0.375. The van der Waals surface area contributed by atoms with Crippen molar-refractivity contribution in [1.82, 2.24) is 10.2 Å². The molecular weight excluding hydrogens is 410 g/mol. The standard InChI is InChI=1S/C24H25N3O3S/c1-16-12-14-26(19-10-4-5-11-20(19)31-16)21(28)15-27-22(29)24(25-23(27)30)13-6-8-17-7-2-3-9-18(17)24/h2-5,7,9-11,16H,6,8,12-15H2,1H3,(H,25,30)/t16-,24+/m0/s1. The first-order chi connectivity index (χ1) is 15.0. The first-order valence-electron chi connectivity index (χ1n) is 10.8. The van der Waals surface area contributed by atoms with E-state index in [4.69, 9.17) is 0 Å². The van der Waals surface area contributed by atoms with Crippen LogP contribution >= 0.6 is 11.8 Å². The molecule has 0 radical (unpaired) electrons. The fourth-order valence-electron chi connectivity index (χ4n) is 4.92. The van der Waals surface area contributed by atoms with Crippen molar-refractivity contribution in [2.24, 2.45) is 0 Å². The molecule has 2 heterocycles. The number of rotatable bonds is 2. The molecule has 1 spiro atoms. The van der Waals surface area contributed by atoms with Gasteiger partial charge in [-0.15, -0.1) is 11.8 Å². The summed E-state index contributed by atoms with van der Waals surface area (Å²) in [6.45, 7) is 2.47. The van der Waals surface area contributed by atoms with Gasteiger partial charge in [-0.1, -0.05) is 43.3 Å². The normalized spacial score (nSPS) is 25.1. The first-order valence-corrected chi connectivity index (χ1v) is 11.7. The Bertz CT molecular complexity index is 1070. The summed E-state index contributed by atoms with van der Waals surface area (Å²) >= 11 is 1.75. The summed E-state index contributed by atoms with van der Waals surface area (Å²) in [7, 11) is 0. The second-order valence-corrected chi connectivity index (χ2v) is 9.95. The minimum absolute atomic E-state index is 0.230. The molecule has 2 atom stereocenters. The predicted octanol–water partition coefficient (Wildman–Crippen LogP) is 3.69. The zero-order valence-corrected chi connectivity index (χ0v) is 18.3. The topological polar surface area (TPSA) is 69.7 Å². The van der Waals surface area contributed by atoms with Crippen LogP contribution in [0.4, 0.5) is 10.5 Å². The molecular formula is C24H25N3O3S. The Morgan fingerprint density at radius 1 is 1.16 bits per heavy atom. The maximum atomic E-state index is 13.5. The quantitative estimate of drug-likeness (QED) is 0.731. The van der Waals surface area contributed by atoms with Gasteiger partial charge in [-0.2, -0.15) is 0 Å². The molecule has 31 heavy (non-hydrogen) atoms. The van der Waals surface area contributed by atoms with Gasteiger partial charge in [0.25, 0.3) is 5.91 Å². The third kappa shape index (κ3) is 3.31.